The van der Waals surface area contributed by atoms with Crippen LogP contribution in [0.1, 0.15) is 6.92 Å². The molecule has 4 N–H and O–H groups in total. The van der Waals surface area contributed by atoms with E-state index < -0.39 is 0 Å². The van der Waals surface area contributed by atoms with Crippen LogP contribution in [0, 0.1) is 0 Å². The van der Waals surface area contributed by atoms with Crippen molar-refractivity contribution >= 4 is 17.3 Å². The monoisotopic (exact) mass is 218 g/mol. The molecule has 0 aromatic heterocycles. The molecule has 0 saturated carbocycles. The molecule has 1 aromatic carbocycles. The summed E-state index contributed by atoms with van der Waals surface area (Å²) < 4.78 is 0. The zero-order chi connectivity index (χ0) is 11.5. The second-order valence-corrected chi connectivity index (χ2v) is 3.61. The fourth-order valence-electron chi connectivity index (χ4n) is 1.53. The molecule has 0 atom stereocenters. The van der Waals surface area contributed by atoms with Crippen LogP contribution in [0.25, 0.3) is 0 Å². The van der Waals surface area contributed by atoms with Gasteiger partial charge >= 0.3 is 0 Å². The lowest BCUT2D eigenvalue weighted by Gasteiger charge is -2.19. The van der Waals surface area contributed by atoms with Crippen molar-refractivity contribution < 1.29 is 4.79 Å². The van der Waals surface area contributed by atoms with Gasteiger partial charge in [0.25, 0.3) is 0 Å². The molecule has 84 valence electrons. The Bertz CT molecular complexity index is 424. The van der Waals surface area contributed by atoms with E-state index in [1.54, 1.807) is 0 Å². The van der Waals surface area contributed by atoms with Gasteiger partial charge in [0.1, 0.15) is 5.82 Å². The van der Waals surface area contributed by atoms with Crippen LogP contribution in [-0.4, -0.2) is 12.5 Å². The topological polar surface area (TPSA) is 70.4 Å². The average Bonchev–Trinajstić information content (AvgIpc) is 2.65. The maximum atomic E-state index is 10.8. The number of anilines is 2. The number of carbonyl (C=O) groups excluding carboxylic acids is 1. The lowest BCUT2D eigenvalue weighted by Crippen LogP contribution is -2.33. The maximum absolute atomic E-state index is 10.8. The van der Waals surface area contributed by atoms with Crippen molar-refractivity contribution in [3.05, 3.63) is 36.2 Å². The lowest BCUT2D eigenvalue weighted by atomic mass is 10.2. The van der Waals surface area contributed by atoms with Gasteiger partial charge in [-0.2, -0.15) is 0 Å². The summed E-state index contributed by atoms with van der Waals surface area (Å²) in [5, 5.41) is 4.64. The molecular formula is C11H14N4O. The van der Waals surface area contributed by atoms with Gasteiger partial charge in [-0.05, 0) is 30.3 Å². The molecule has 0 saturated heterocycles. The Morgan fingerprint density at radius 2 is 2.12 bits per heavy atom. The van der Waals surface area contributed by atoms with E-state index in [1.807, 2.05) is 35.4 Å². The van der Waals surface area contributed by atoms with Gasteiger partial charge in [0.15, 0.2) is 0 Å². The maximum Gasteiger partial charge on any atom is 0.221 e. The van der Waals surface area contributed by atoms with E-state index in [4.69, 9.17) is 5.73 Å². The first-order chi connectivity index (χ1) is 7.65. The highest BCUT2D eigenvalue weighted by Crippen LogP contribution is 2.18. The van der Waals surface area contributed by atoms with Crippen LogP contribution in [0.3, 0.4) is 0 Å². The third-order valence-electron chi connectivity index (χ3n) is 2.26. The van der Waals surface area contributed by atoms with E-state index >= 15 is 0 Å². The Balaban J connectivity index is 2.05. The Labute approximate surface area is 93.9 Å². The standard InChI is InChI=1S/C11H14N4O/c1-8(16)13-9-2-4-10(5-3-9)15-7-6-11(12)14-15/h2-6,14H,7,12H2,1H3,(H,13,16). The van der Waals surface area contributed by atoms with Crippen LogP contribution >= 0.6 is 0 Å². The number of nitrogens with two attached hydrogens (primary N) is 1. The van der Waals surface area contributed by atoms with Crippen LogP contribution in [-0.2, 0) is 4.79 Å². The number of amides is 1. The Kier molecular flexibility index (Phi) is 2.68. The van der Waals surface area contributed by atoms with E-state index in [-0.39, 0.29) is 5.91 Å². The number of hydrogen-bond acceptors (Lipinski definition) is 4. The molecule has 1 aliphatic heterocycles. The summed E-state index contributed by atoms with van der Waals surface area (Å²) >= 11 is 0. The normalized spacial score (nSPS) is 14.3. The average molecular weight is 218 g/mol. The van der Waals surface area contributed by atoms with Crippen molar-refractivity contribution in [3.63, 3.8) is 0 Å². The number of carbonyl (C=O) groups is 1. The molecule has 0 radical (unpaired) electrons. The summed E-state index contributed by atoms with van der Waals surface area (Å²) in [5.41, 5.74) is 10.4. The lowest BCUT2D eigenvalue weighted by molar-refractivity contribution is -0.114. The van der Waals surface area contributed by atoms with Crippen molar-refractivity contribution in [2.75, 3.05) is 16.9 Å². The van der Waals surface area contributed by atoms with Crippen LogP contribution in [0.4, 0.5) is 11.4 Å². The second-order valence-electron chi connectivity index (χ2n) is 3.61. The molecule has 1 heterocycles. The number of rotatable bonds is 2. The van der Waals surface area contributed by atoms with E-state index in [0.29, 0.717) is 5.82 Å². The summed E-state index contributed by atoms with van der Waals surface area (Å²) in [4.78, 5) is 10.8. The third kappa shape index (κ3) is 2.25. The highest BCUT2D eigenvalue weighted by molar-refractivity contribution is 5.88. The van der Waals surface area contributed by atoms with Gasteiger partial charge in [-0.3, -0.25) is 15.2 Å². The number of nitrogens with one attached hydrogen (secondary N) is 2. The molecule has 0 fully saturated rings. The van der Waals surface area contributed by atoms with Gasteiger partial charge in [0.05, 0.1) is 12.2 Å². The zero-order valence-corrected chi connectivity index (χ0v) is 9.03. The Morgan fingerprint density at radius 3 is 2.62 bits per heavy atom. The number of benzene rings is 1. The number of hydrazine groups is 1. The fourth-order valence-corrected chi connectivity index (χ4v) is 1.53. The molecule has 1 aliphatic rings. The highest BCUT2D eigenvalue weighted by atomic mass is 16.1. The summed E-state index contributed by atoms with van der Waals surface area (Å²) in [6.45, 7) is 2.23. The SMILES string of the molecule is CC(=O)Nc1ccc(N2CC=C(N)N2)cc1. The summed E-state index contributed by atoms with van der Waals surface area (Å²) in [5.74, 6) is 0.587. The van der Waals surface area contributed by atoms with Gasteiger partial charge < -0.3 is 11.1 Å². The van der Waals surface area contributed by atoms with Crippen molar-refractivity contribution in [1.82, 2.24) is 5.43 Å². The van der Waals surface area contributed by atoms with Gasteiger partial charge in [-0.25, -0.2) is 0 Å². The molecule has 0 bridgehead atoms. The smallest absolute Gasteiger partial charge is 0.221 e. The van der Waals surface area contributed by atoms with Crippen LogP contribution in [0.15, 0.2) is 36.2 Å². The first-order valence-corrected chi connectivity index (χ1v) is 5.02. The Hall–Kier alpha value is -2.17. The predicted molar refractivity (Wildman–Crippen MR) is 63.5 cm³/mol. The fraction of sp³-hybridized carbons (Fsp3) is 0.182. The molecule has 0 aliphatic carbocycles. The minimum Gasteiger partial charge on any atom is -0.384 e. The second kappa shape index (κ2) is 4.14. The van der Waals surface area contributed by atoms with Crippen LogP contribution in [0.5, 0.6) is 0 Å². The third-order valence-corrected chi connectivity index (χ3v) is 2.26. The number of hydrogen-bond donors (Lipinski definition) is 3. The molecule has 16 heavy (non-hydrogen) atoms. The molecule has 0 spiro atoms. The molecule has 1 amide bonds. The van der Waals surface area contributed by atoms with Crippen molar-refractivity contribution in [3.8, 4) is 0 Å². The summed E-state index contributed by atoms with van der Waals surface area (Å²) in [6, 6.07) is 7.55. The van der Waals surface area contributed by atoms with E-state index in [0.717, 1.165) is 17.9 Å². The van der Waals surface area contributed by atoms with Gasteiger partial charge in [0.2, 0.25) is 5.91 Å². The molecule has 5 heteroatoms. The van der Waals surface area contributed by atoms with Crippen LogP contribution < -0.4 is 21.5 Å². The summed E-state index contributed by atoms with van der Waals surface area (Å²) in [6.07, 6.45) is 1.90. The first kappa shape index (κ1) is 10.4. The predicted octanol–water partition coefficient (Wildman–Crippen LogP) is 0.770. The van der Waals surface area contributed by atoms with Crippen molar-refractivity contribution in [2.24, 2.45) is 5.73 Å². The van der Waals surface area contributed by atoms with Gasteiger partial charge in [0, 0.05) is 12.6 Å². The van der Waals surface area contributed by atoms with Crippen molar-refractivity contribution in [1.29, 1.82) is 0 Å². The van der Waals surface area contributed by atoms with Gasteiger partial charge in [-0.1, -0.05) is 0 Å². The highest BCUT2D eigenvalue weighted by Gasteiger charge is 2.10. The zero-order valence-electron chi connectivity index (χ0n) is 9.03. The number of nitrogens with zero attached hydrogens (tertiary/aromatic N) is 1. The van der Waals surface area contributed by atoms with Crippen molar-refractivity contribution in [2.45, 2.75) is 6.92 Å². The quantitative estimate of drug-likeness (QED) is 0.685. The summed E-state index contributed by atoms with van der Waals surface area (Å²) in [7, 11) is 0. The minimum atomic E-state index is -0.0713. The van der Waals surface area contributed by atoms with E-state index in [1.165, 1.54) is 6.92 Å². The minimum absolute atomic E-state index is 0.0713. The van der Waals surface area contributed by atoms with E-state index in [2.05, 4.69) is 10.7 Å². The molecule has 5 nitrogen and oxygen atoms in total. The van der Waals surface area contributed by atoms with Crippen LogP contribution in [0.2, 0.25) is 0 Å². The molecular weight excluding hydrogens is 204 g/mol. The first-order valence-electron chi connectivity index (χ1n) is 5.02. The molecule has 0 unspecified atom stereocenters. The molecule has 1 aromatic rings. The van der Waals surface area contributed by atoms with E-state index in [9.17, 15) is 4.79 Å². The molecule has 2 rings (SSSR count). The van der Waals surface area contributed by atoms with Gasteiger partial charge in [-0.15, -0.1) is 0 Å². The Morgan fingerprint density at radius 1 is 1.44 bits per heavy atom. The largest absolute Gasteiger partial charge is 0.384 e.